The molecule has 82 valence electrons. The number of hydrogen-bond donors (Lipinski definition) is 2. The Balaban J connectivity index is 3.15. The minimum absolute atomic E-state index is 0.0749. The smallest absolute Gasteiger partial charge is 0.239 e. The lowest BCUT2D eigenvalue weighted by molar-refractivity contribution is 0.598. The predicted octanol–water partition coefficient (Wildman–Crippen LogP) is 0.959. The van der Waals surface area contributed by atoms with E-state index in [0.29, 0.717) is 6.54 Å². The SMILES string of the molecule is NCC=Cc1ccc(S(N)(=O)=O)c(Cl)c1. The number of primary sulfonamides is 1. The fourth-order valence-corrected chi connectivity index (χ4v) is 2.16. The summed E-state index contributed by atoms with van der Waals surface area (Å²) in [6.07, 6.45) is 3.49. The minimum atomic E-state index is -3.75. The Hall–Kier alpha value is -0.880. The van der Waals surface area contributed by atoms with Crippen molar-refractivity contribution in [2.24, 2.45) is 10.9 Å². The third-order valence-corrected chi connectivity index (χ3v) is 3.10. The molecule has 4 N–H and O–H groups in total. The highest BCUT2D eigenvalue weighted by atomic mass is 35.5. The normalized spacial score (nSPS) is 12.2. The molecule has 0 amide bonds. The van der Waals surface area contributed by atoms with E-state index >= 15 is 0 Å². The first-order valence-electron chi connectivity index (χ1n) is 4.14. The summed E-state index contributed by atoms with van der Waals surface area (Å²) in [5, 5.41) is 5.07. The highest BCUT2D eigenvalue weighted by molar-refractivity contribution is 7.89. The summed E-state index contributed by atoms with van der Waals surface area (Å²) in [5.74, 6) is 0. The quantitative estimate of drug-likeness (QED) is 0.833. The van der Waals surface area contributed by atoms with Crippen molar-refractivity contribution in [1.29, 1.82) is 0 Å². The Morgan fingerprint density at radius 2 is 2.07 bits per heavy atom. The van der Waals surface area contributed by atoms with Crippen molar-refractivity contribution < 1.29 is 8.42 Å². The second-order valence-electron chi connectivity index (χ2n) is 2.87. The molecule has 0 fully saturated rings. The zero-order valence-corrected chi connectivity index (χ0v) is 9.42. The molecule has 1 aromatic rings. The molecule has 0 radical (unpaired) electrons. The van der Waals surface area contributed by atoms with Crippen LogP contribution in [0.5, 0.6) is 0 Å². The van der Waals surface area contributed by atoms with E-state index < -0.39 is 10.0 Å². The van der Waals surface area contributed by atoms with Crippen LogP contribution in [0.2, 0.25) is 5.02 Å². The average molecular weight is 247 g/mol. The molecule has 1 rings (SSSR count). The summed E-state index contributed by atoms with van der Waals surface area (Å²) >= 11 is 5.77. The molecule has 0 spiro atoms. The van der Waals surface area contributed by atoms with Crippen LogP contribution in [-0.2, 0) is 10.0 Å². The number of sulfonamides is 1. The van der Waals surface area contributed by atoms with Crippen molar-refractivity contribution >= 4 is 27.7 Å². The van der Waals surface area contributed by atoms with Crippen LogP contribution in [0.15, 0.2) is 29.2 Å². The molecule has 0 saturated carbocycles. The summed E-state index contributed by atoms with van der Waals surface area (Å²) in [5.41, 5.74) is 6.05. The van der Waals surface area contributed by atoms with E-state index in [1.165, 1.54) is 12.1 Å². The highest BCUT2D eigenvalue weighted by Gasteiger charge is 2.11. The Morgan fingerprint density at radius 1 is 1.40 bits per heavy atom. The largest absolute Gasteiger partial charge is 0.327 e. The first-order valence-corrected chi connectivity index (χ1v) is 6.06. The van der Waals surface area contributed by atoms with E-state index in [-0.39, 0.29) is 9.92 Å². The molecule has 6 heteroatoms. The summed E-state index contributed by atoms with van der Waals surface area (Å²) in [4.78, 5) is -0.0749. The standard InChI is InChI=1S/C9H11ClN2O2S/c10-8-6-7(2-1-5-11)3-4-9(8)15(12,13)14/h1-4,6H,5,11H2,(H2,12,13,14). The lowest BCUT2D eigenvalue weighted by atomic mass is 10.2. The summed E-state index contributed by atoms with van der Waals surface area (Å²) in [6.45, 7) is 0.411. The fourth-order valence-electron chi connectivity index (χ4n) is 1.06. The lowest BCUT2D eigenvalue weighted by Crippen LogP contribution is -2.12. The van der Waals surface area contributed by atoms with Crippen LogP contribution < -0.4 is 10.9 Å². The van der Waals surface area contributed by atoms with Gasteiger partial charge in [0.05, 0.1) is 5.02 Å². The summed E-state index contributed by atoms with van der Waals surface area (Å²) in [7, 11) is -3.75. The van der Waals surface area contributed by atoms with Crippen LogP contribution in [0.25, 0.3) is 6.08 Å². The van der Waals surface area contributed by atoms with Crippen LogP contribution >= 0.6 is 11.6 Å². The Morgan fingerprint density at radius 3 is 2.53 bits per heavy atom. The van der Waals surface area contributed by atoms with Crippen molar-refractivity contribution in [3.8, 4) is 0 Å². The van der Waals surface area contributed by atoms with Crippen LogP contribution in [0.3, 0.4) is 0 Å². The highest BCUT2D eigenvalue weighted by Crippen LogP contribution is 2.21. The number of nitrogens with two attached hydrogens (primary N) is 2. The maximum absolute atomic E-state index is 11.0. The number of halogens is 1. The number of rotatable bonds is 3. The van der Waals surface area contributed by atoms with Crippen LogP contribution in [0.4, 0.5) is 0 Å². The van der Waals surface area contributed by atoms with Crippen molar-refractivity contribution in [3.63, 3.8) is 0 Å². The van der Waals surface area contributed by atoms with Crippen molar-refractivity contribution in [2.75, 3.05) is 6.54 Å². The zero-order chi connectivity index (χ0) is 11.5. The van der Waals surface area contributed by atoms with Crippen LogP contribution in [-0.4, -0.2) is 15.0 Å². The first-order chi connectivity index (χ1) is 6.95. The zero-order valence-electron chi connectivity index (χ0n) is 7.85. The van der Waals surface area contributed by atoms with Gasteiger partial charge in [-0.15, -0.1) is 0 Å². The Bertz CT molecular complexity index is 483. The van der Waals surface area contributed by atoms with Gasteiger partial charge in [0.1, 0.15) is 4.90 Å². The second kappa shape index (κ2) is 4.76. The monoisotopic (exact) mass is 246 g/mol. The first kappa shape index (κ1) is 12.2. The molecule has 15 heavy (non-hydrogen) atoms. The van der Waals surface area contributed by atoms with Gasteiger partial charge in [-0.1, -0.05) is 29.8 Å². The molecule has 0 saturated heterocycles. The molecule has 0 aliphatic carbocycles. The molecule has 0 aliphatic heterocycles. The van der Waals surface area contributed by atoms with E-state index in [4.69, 9.17) is 22.5 Å². The van der Waals surface area contributed by atoms with Gasteiger partial charge in [-0.3, -0.25) is 0 Å². The Kier molecular flexibility index (Phi) is 3.87. The third kappa shape index (κ3) is 3.32. The number of hydrogen-bond acceptors (Lipinski definition) is 3. The predicted molar refractivity (Wildman–Crippen MR) is 60.9 cm³/mol. The molecule has 0 atom stereocenters. The third-order valence-electron chi connectivity index (χ3n) is 1.71. The van der Waals surface area contributed by atoms with Gasteiger partial charge in [0, 0.05) is 6.54 Å². The number of benzene rings is 1. The lowest BCUT2D eigenvalue weighted by Gasteiger charge is -2.02. The van der Waals surface area contributed by atoms with E-state index in [0.717, 1.165) is 5.56 Å². The van der Waals surface area contributed by atoms with Gasteiger partial charge in [-0.05, 0) is 17.7 Å². The van der Waals surface area contributed by atoms with E-state index in [1.54, 1.807) is 18.2 Å². The van der Waals surface area contributed by atoms with Gasteiger partial charge in [0.15, 0.2) is 0 Å². The van der Waals surface area contributed by atoms with Gasteiger partial charge in [0.2, 0.25) is 10.0 Å². The molecule has 0 bridgehead atoms. The molecule has 4 nitrogen and oxygen atoms in total. The van der Waals surface area contributed by atoms with Crippen LogP contribution in [0.1, 0.15) is 5.56 Å². The molecule has 0 aliphatic rings. The van der Waals surface area contributed by atoms with E-state index in [9.17, 15) is 8.42 Å². The van der Waals surface area contributed by atoms with Crippen LogP contribution in [0, 0.1) is 0 Å². The topological polar surface area (TPSA) is 86.2 Å². The summed E-state index contributed by atoms with van der Waals surface area (Å²) in [6, 6.07) is 4.50. The minimum Gasteiger partial charge on any atom is -0.327 e. The molecule has 0 aromatic heterocycles. The molecule has 1 aromatic carbocycles. The van der Waals surface area contributed by atoms with Crippen molar-refractivity contribution in [2.45, 2.75) is 4.90 Å². The van der Waals surface area contributed by atoms with E-state index in [2.05, 4.69) is 0 Å². The van der Waals surface area contributed by atoms with Gasteiger partial charge >= 0.3 is 0 Å². The maximum Gasteiger partial charge on any atom is 0.239 e. The molecular formula is C9H11ClN2O2S. The van der Waals surface area contributed by atoms with E-state index in [1.807, 2.05) is 0 Å². The van der Waals surface area contributed by atoms with Gasteiger partial charge < -0.3 is 5.73 Å². The molecule has 0 unspecified atom stereocenters. The Labute approximate surface area is 93.6 Å². The van der Waals surface area contributed by atoms with Gasteiger partial charge in [-0.2, -0.15) is 0 Å². The van der Waals surface area contributed by atoms with Crippen molar-refractivity contribution in [3.05, 3.63) is 34.9 Å². The van der Waals surface area contributed by atoms with Gasteiger partial charge in [-0.25, -0.2) is 13.6 Å². The molecule has 0 heterocycles. The van der Waals surface area contributed by atoms with Crippen molar-refractivity contribution in [1.82, 2.24) is 0 Å². The average Bonchev–Trinajstić information content (AvgIpc) is 2.12. The molecular weight excluding hydrogens is 236 g/mol. The maximum atomic E-state index is 11.0. The summed E-state index contributed by atoms with van der Waals surface area (Å²) < 4.78 is 22.1. The second-order valence-corrected chi connectivity index (χ2v) is 4.81. The van der Waals surface area contributed by atoms with Gasteiger partial charge in [0.25, 0.3) is 0 Å². The fraction of sp³-hybridized carbons (Fsp3) is 0.111.